The van der Waals surface area contributed by atoms with E-state index in [0.717, 1.165) is 42.1 Å². The first-order valence-electron chi connectivity index (χ1n) is 11.0. The summed E-state index contributed by atoms with van der Waals surface area (Å²) in [6.45, 7) is 7.95. The number of aromatic nitrogens is 5. The highest BCUT2D eigenvalue weighted by Gasteiger charge is 2.24. The van der Waals surface area contributed by atoms with Crippen LogP contribution in [0.15, 0.2) is 29.7 Å². The molecule has 0 radical (unpaired) electrons. The average molecular weight is 466 g/mol. The van der Waals surface area contributed by atoms with Gasteiger partial charge in [0.1, 0.15) is 11.9 Å². The van der Waals surface area contributed by atoms with E-state index < -0.39 is 0 Å². The second-order valence-electron chi connectivity index (χ2n) is 7.91. The van der Waals surface area contributed by atoms with Crippen LogP contribution in [0.2, 0.25) is 0 Å². The van der Waals surface area contributed by atoms with Crippen LogP contribution in [-0.2, 0) is 22.6 Å². The maximum absolute atomic E-state index is 12.9. The number of amides is 1. The van der Waals surface area contributed by atoms with Crippen LogP contribution in [-0.4, -0.2) is 48.7 Å². The second-order valence-corrected chi connectivity index (χ2v) is 8.86. The number of carbonyl (C=O) groups excluding carboxylic acids is 1. The standard InChI is InChI=1S/C23H27N7O2S/c1-4-29-21(17-7-9-25-10-8-17)27-28-23(29)33-14-20(31)26-22-19(12-24)15(2)16(3)30(22)13-18-6-5-11-32-18/h7-10,18H,4-6,11,13-14H2,1-3H3,(H,26,31). The molecule has 3 aromatic heterocycles. The largest absolute Gasteiger partial charge is 0.376 e. The Hall–Kier alpha value is -3.16. The Morgan fingerprint density at radius 3 is 2.76 bits per heavy atom. The van der Waals surface area contributed by atoms with Gasteiger partial charge in [0.25, 0.3) is 0 Å². The lowest BCUT2D eigenvalue weighted by Crippen LogP contribution is -2.22. The van der Waals surface area contributed by atoms with Crippen molar-refractivity contribution in [1.29, 1.82) is 5.26 Å². The van der Waals surface area contributed by atoms with Crippen molar-refractivity contribution in [2.75, 3.05) is 17.7 Å². The molecule has 1 amide bonds. The first-order chi connectivity index (χ1) is 16.0. The van der Waals surface area contributed by atoms with E-state index in [1.165, 1.54) is 11.8 Å². The lowest BCUT2D eigenvalue weighted by Gasteiger charge is -2.16. The summed E-state index contributed by atoms with van der Waals surface area (Å²) in [5, 5.41) is 21.9. The normalized spacial score (nSPS) is 15.5. The number of ether oxygens (including phenoxy) is 1. The Morgan fingerprint density at radius 2 is 2.09 bits per heavy atom. The lowest BCUT2D eigenvalue weighted by atomic mass is 10.2. The summed E-state index contributed by atoms with van der Waals surface area (Å²) in [6.07, 6.45) is 5.54. The fourth-order valence-corrected chi connectivity index (χ4v) is 4.85. The quantitative estimate of drug-likeness (QED) is 0.506. The molecule has 1 aliphatic rings. The summed E-state index contributed by atoms with van der Waals surface area (Å²) in [4.78, 5) is 16.9. The van der Waals surface area contributed by atoms with Crippen molar-refractivity contribution in [2.45, 2.75) is 58.0 Å². The number of anilines is 1. The third-order valence-electron chi connectivity index (χ3n) is 5.91. The zero-order valence-corrected chi connectivity index (χ0v) is 19.9. The smallest absolute Gasteiger partial charge is 0.235 e. The van der Waals surface area contributed by atoms with Gasteiger partial charge in [-0.05, 0) is 51.3 Å². The number of hydrogen-bond donors (Lipinski definition) is 1. The number of nitriles is 1. The van der Waals surface area contributed by atoms with Crippen molar-refractivity contribution >= 4 is 23.5 Å². The summed E-state index contributed by atoms with van der Waals surface area (Å²) >= 11 is 1.32. The highest BCUT2D eigenvalue weighted by atomic mass is 32.2. The molecule has 4 heterocycles. The monoisotopic (exact) mass is 465 g/mol. The third-order valence-corrected chi connectivity index (χ3v) is 6.88. The van der Waals surface area contributed by atoms with Gasteiger partial charge < -0.3 is 19.2 Å². The van der Waals surface area contributed by atoms with Crippen LogP contribution in [0.4, 0.5) is 5.82 Å². The summed E-state index contributed by atoms with van der Waals surface area (Å²) in [7, 11) is 0. The molecular weight excluding hydrogens is 438 g/mol. The summed E-state index contributed by atoms with van der Waals surface area (Å²) in [5.74, 6) is 1.25. The van der Waals surface area contributed by atoms with Gasteiger partial charge in [-0.25, -0.2) is 0 Å². The summed E-state index contributed by atoms with van der Waals surface area (Å²) in [6, 6.07) is 6.02. The Morgan fingerprint density at radius 1 is 1.30 bits per heavy atom. The predicted octanol–water partition coefficient (Wildman–Crippen LogP) is 3.56. The maximum Gasteiger partial charge on any atom is 0.235 e. The molecule has 10 heteroatoms. The molecular formula is C23H27N7O2S. The molecule has 0 spiro atoms. The van der Waals surface area contributed by atoms with Gasteiger partial charge in [0.15, 0.2) is 11.0 Å². The van der Waals surface area contributed by atoms with E-state index in [1.807, 2.05) is 42.0 Å². The van der Waals surface area contributed by atoms with E-state index in [-0.39, 0.29) is 17.8 Å². The zero-order valence-electron chi connectivity index (χ0n) is 19.0. The fourth-order valence-electron chi connectivity index (χ4n) is 4.04. The van der Waals surface area contributed by atoms with Crippen molar-refractivity contribution in [1.82, 2.24) is 24.3 Å². The molecule has 1 unspecified atom stereocenters. The van der Waals surface area contributed by atoms with Gasteiger partial charge in [-0.2, -0.15) is 5.26 Å². The molecule has 0 saturated carbocycles. The Bertz CT molecular complexity index is 1170. The second kappa shape index (κ2) is 10.2. The van der Waals surface area contributed by atoms with Crippen LogP contribution >= 0.6 is 11.8 Å². The molecule has 33 heavy (non-hydrogen) atoms. The molecule has 1 aliphatic heterocycles. The van der Waals surface area contributed by atoms with Gasteiger partial charge >= 0.3 is 0 Å². The van der Waals surface area contributed by atoms with Crippen molar-refractivity contribution in [3.8, 4) is 17.5 Å². The van der Waals surface area contributed by atoms with Crippen LogP contribution < -0.4 is 5.32 Å². The van der Waals surface area contributed by atoms with Gasteiger partial charge in [-0.1, -0.05) is 11.8 Å². The van der Waals surface area contributed by atoms with E-state index in [9.17, 15) is 10.1 Å². The van der Waals surface area contributed by atoms with Crippen LogP contribution in [0.1, 0.15) is 36.6 Å². The number of pyridine rings is 1. The van der Waals surface area contributed by atoms with E-state index in [2.05, 4.69) is 26.6 Å². The topological polar surface area (TPSA) is 111 Å². The number of nitrogens with one attached hydrogen (secondary N) is 1. The van der Waals surface area contributed by atoms with Gasteiger partial charge in [0, 0.05) is 36.8 Å². The summed E-state index contributed by atoms with van der Waals surface area (Å²) in [5.41, 5.74) is 3.27. The van der Waals surface area contributed by atoms with Gasteiger partial charge in [0.2, 0.25) is 5.91 Å². The van der Waals surface area contributed by atoms with Gasteiger partial charge in [-0.15, -0.1) is 10.2 Å². The zero-order chi connectivity index (χ0) is 23.4. The van der Waals surface area contributed by atoms with Crippen LogP contribution in [0.3, 0.4) is 0 Å². The lowest BCUT2D eigenvalue weighted by molar-refractivity contribution is -0.113. The number of nitrogens with zero attached hydrogens (tertiary/aromatic N) is 6. The molecule has 0 aliphatic carbocycles. The highest BCUT2D eigenvalue weighted by molar-refractivity contribution is 7.99. The van der Waals surface area contributed by atoms with E-state index in [0.29, 0.717) is 29.6 Å². The third kappa shape index (κ3) is 4.79. The molecule has 172 valence electrons. The molecule has 1 atom stereocenters. The molecule has 0 aromatic carbocycles. The predicted molar refractivity (Wildman–Crippen MR) is 126 cm³/mol. The van der Waals surface area contributed by atoms with Gasteiger partial charge in [0.05, 0.1) is 24.0 Å². The highest BCUT2D eigenvalue weighted by Crippen LogP contribution is 2.29. The van der Waals surface area contributed by atoms with Crippen molar-refractivity contribution in [2.24, 2.45) is 0 Å². The Kier molecular flexibility index (Phi) is 7.11. The molecule has 1 saturated heterocycles. The minimum absolute atomic E-state index is 0.0989. The van der Waals surface area contributed by atoms with Gasteiger partial charge in [-0.3, -0.25) is 9.78 Å². The maximum atomic E-state index is 12.9. The first-order valence-corrected chi connectivity index (χ1v) is 12.0. The number of carbonyl (C=O) groups is 1. The van der Waals surface area contributed by atoms with E-state index in [4.69, 9.17) is 4.74 Å². The van der Waals surface area contributed by atoms with Crippen LogP contribution in [0.25, 0.3) is 11.4 Å². The molecule has 9 nitrogen and oxygen atoms in total. The number of hydrogen-bond acceptors (Lipinski definition) is 7. The minimum atomic E-state index is -0.196. The van der Waals surface area contributed by atoms with Crippen LogP contribution in [0.5, 0.6) is 0 Å². The van der Waals surface area contributed by atoms with E-state index in [1.54, 1.807) is 12.4 Å². The summed E-state index contributed by atoms with van der Waals surface area (Å²) < 4.78 is 9.76. The fraction of sp³-hybridized carbons (Fsp3) is 0.435. The Balaban J connectivity index is 1.49. The number of rotatable bonds is 8. The molecule has 1 fully saturated rings. The molecule has 4 rings (SSSR count). The van der Waals surface area contributed by atoms with Crippen molar-refractivity contribution in [3.05, 3.63) is 41.3 Å². The molecule has 3 aromatic rings. The first kappa shape index (κ1) is 23.0. The molecule has 0 bridgehead atoms. The molecule has 1 N–H and O–H groups in total. The van der Waals surface area contributed by atoms with Crippen LogP contribution in [0, 0.1) is 25.2 Å². The SMILES string of the molecule is CCn1c(SCC(=O)Nc2c(C#N)c(C)c(C)n2CC2CCCO2)nnc1-c1ccncc1. The number of thioether (sulfide) groups is 1. The van der Waals surface area contributed by atoms with E-state index >= 15 is 0 Å². The van der Waals surface area contributed by atoms with Crippen molar-refractivity contribution in [3.63, 3.8) is 0 Å². The minimum Gasteiger partial charge on any atom is -0.376 e. The average Bonchev–Trinajstić information content (AvgIpc) is 3.54. The van der Waals surface area contributed by atoms with Crippen molar-refractivity contribution < 1.29 is 9.53 Å². The Labute approximate surface area is 197 Å².